The topological polar surface area (TPSA) is 65.3 Å². The number of aromatic nitrogens is 4. The Bertz CT molecular complexity index is 955. The van der Waals surface area contributed by atoms with Crippen molar-refractivity contribution in [2.75, 3.05) is 20.2 Å². The molecule has 0 spiro atoms. The minimum atomic E-state index is 0.299. The average Bonchev–Trinajstić information content (AvgIpc) is 3.31. The fourth-order valence-corrected chi connectivity index (χ4v) is 3.52. The minimum absolute atomic E-state index is 0.299. The van der Waals surface area contributed by atoms with Crippen molar-refractivity contribution in [2.45, 2.75) is 25.8 Å². The molecule has 1 atom stereocenters. The van der Waals surface area contributed by atoms with Crippen molar-refractivity contribution >= 4 is 0 Å². The third-order valence-electron chi connectivity index (χ3n) is 5.04. The van der Waals surface area contributed by atoms with Crippen molar-refractivity contribution in [3.05, 3.63) is 60.1 Å². The van der Waals surface area contributed by atoms with E-state index in [1.165, 1.54) is 0 Å². The van der Waals surface area contributed by atoms with Crippen molar-refractivity contribution in [1.82, 2.24) is 24.4 Å². The van der Waals surface area contributed by atoms with Crippen LogP contribution in [0.3, 0.4) is 0 Å². The second kappa shape index (κ2) is 7.98. The number of aryl methyl sites for hydroxylation is 2. The van der Waals surface area contributed by atoms with E-state index in [1.54, 1.807) is 7.11 Å². The lowest BCUT2D eigenvalue weighted by Gasteiger charge is -2.16. The second-order valence-corrected chi connectivity index (χ2v) is 7.16. The number of hydrogen-bond donors (Lipinski definition) is 0. The summed E-state index contributed by atoms with van der Waals surface area (Å²) in [6.45, 7) is 4.76. The van der Waals surface area contributed by atoms with Crippen molar-refractivity contribution < 1.29 is 9.47 Å². The first-order valence-electron chi connectivity index (χ1n) is 9.47. The van der Waals surface area contributed by atoms with Gasteiger partial charge in [-0.15, -0.1) is 0 Å². The molecule has 7 heteroatoms. The standard InChI is InChI=1S/C21H25N5O2/c1-15-11-20(28-18-6-4-5-17(12-18)27-3)24-21(23-15)16-7-9-26(13-16)14-19-22-8-10-25(19)2/h4-6,8,10-12,16H,7,9,13-14H2,1-3H3/t16-/m1/s1. The van der Waals surface area contributed by atoms with E-state index in [-0.39, 0.29) is 0 Å². The van der Waals surface area contributed by atoms with Crippen LogP contribution in [0.5, 0.6) is 17.4 Å². The van der Waals surface area contributed by atoms with Crippen LogP contribution in [0.2, 0.25) is 0 Å². The molecule has 1 fully saturated rings. The minimum Gasteiger partial charge on any atom is -0.497 e. The Morgan fingerprint density at radius 2 is 2.04 bits per heavy atom. The Morgan fingerprint density at radius 3 is 2.82 bits per heavy atom. The molecule has 3 aromatic rings. The smallest absolute Gasteiger partial charge is 0.222 e. The second-order valence-electron chi connectivity index (χ2n) is 7.16. The number of ether oxygens (including phenoxy) is 2. The van der Waals surface area contributed by atoms with E-state index in [2.05, 4.69) is 19.4 Å². The highest BCUT2D eigenvalue weighted by atomic mass is 16.5. The molecule has 3 heterocycles. The largest absolute Gasteiger partial charge is 0.497 e. The van der Waals surface area contributed by atoms with Crippen LogP contribution in [0.15, 0.2) is 42.7 Å². The number of methoxy groups -OCH3 is 1. The van der Waals surface area contributed by atoms with Crippen LogP contribution in [0, 0.1) is 6.92 Å². The van der Waals surface area contributed by atoms with E-state index in [0.29, 0.717) is 17.5 Å². The number of nitrogens with zero attached hydrogens (tertiary/aromatic N) is 5. The van der Waals surface area contributed by atoms with Gasteiger partial charge in [-0.25, -0.2) is 9.97 Å². The Hall–Kier alpha value is -2.93. The molecule has 7 nitrogen and oxygen atoms in total. The summed E-state index contributed by atoms with van der Waals surface area (Å²) >= 11 is 0. The van der Waals surface area contributed by atoms with Crippen molar-refractivity contribution in [3.63, 3.8) is 0 Å². The lowest BCUT2D eigenvalue weighted by Crippen LogP contribution is -2.22. The number of imidazole rings is 1. The number of hydrogen-bond acceptors (Lipinski definition) is 6. The van der Waals surface area contributed by atoms with Crippen LogP contribution in [0.25, 0.3) is 0 Å². The van der Waals surface area contributed by atoms with Gasteiger partial charge in [-0.2, -0.15) is 4.98 Å². The van der Waals surface area contributed by atoms with Crippen LogP contribution in [-0.4, -0.2) is 44.6 Å². The fraction of sp³-hybridized carbons (Fsp3) is 0.381. The Labute approximate surface area is 165 Å². The van der Waals surface area contributed by atoms with Gasteiger partial charge in [-0.05, 0) is 32.0 Å². The van der Waals surface area contributed by atoms with Crippen LogP contribution >= 0.6 is 0 Å². The molecule has 0 N–H and O–H groups in total. The molecule has 1 aromatic carbocycles. The molecule has 0 aliphatic carbocycles. The van der Waals surface area contributed by atoms with E-state index in [0.717, 1.165) is 49.1 Å². The first-order valence-corrected chi connectivity index (χ1v) is 9.47. The van der Waals surface area contributed by atoms with Gasteiger partial charge in [0.15, 0.2) is 0 Å². The molecule has 1 aliphatic heterocycles. The van der Waals surface area contributed by atoms with Gasteiger partial charge in [-0.1, -0.05) is 6.07 Å². The van der Waals surface area contributed by atoms with Gasteiger partial charge in [0, 0.05) is 49.7 Å². The zero-order valence-corrected chi connectivity index (χ0v) is 16.5. The fourth-order valence-electron chi connectivity index (χ4n) is 3.52. The molecule has 0 saturated carbocycles. The van der Waals surface area contributed by atoms with Gasteiger partial charge < -0.3 is 14.0 Å². The molecule has 28 heavy (non-hydrogen) atoms. The highest BCUT2D eigenvalue weighted by molar-refractivity contribution is 5.35. The molecule has 2 aromatic heterocycles. The van der Waals surface area contributed by atoms with E-state index in [9.17, 15) is 0 Å². The van der Waals surface area contributed by atoms with Crippen LogP contribution in [-0.2, 0) is 13.6 Å². The summed E-state index contributed by atoms with van der Waals surface area (Å²) in [7, 11) is 3.67. The van der Waals surface area contributed by atoms with E-state index in [4.69, 9.17) is 14.5 Å². The molecule has 0 amide bonds. The number of benzene rings is 1. The summed E-state index contributed by atoms with van der Waals surface area (Å²) < 4.78 is 13.3. The monoisotopic (exact) mass is 379 g/mol. The normalized spacial score (nSPS) is 17.0. The lowest BCUT2D eigenvalue weighted by molar-refractivity contribution is 0.313. The molecule has 0 bridgehead atoms. The number of likely N-dealkylation sites (tertiary alicyclic amines) is 1. The van der Waals surface area contributed by atoms with Gasteiger partial charge in [0.05, 0.1) is 13.7 Å². The van der Waals surface area contributed by atoms with Gasteiger partial charge in [0.1, 0.15) is 23.1 Å². The van der Waals surface area contributed by atoms with Crippen LogP contribution in [0.1, 0.15) is 29.7 Å². The Kier molecular flexibility index (Phi) is 5.25. The molecule has 146 valence electrons. The highest BCUT2D eigenvalue weighted by Crippen LogP contribution is 2.29. The summed E-state index contributed by atoms with van der Waals surface area (Å²) in [4.78, 5) is 16.2. The molecule has 0 radical (unpaired) electrons. The van der Waals surface area contributed by atoms with Gasteiger partial charge in [0.2, 0.25) is 5.88 Å². The third-order valence-corrected chi connectivity index (χ3v) is 5.04. The summed E-state index contributed by atoms with van der Waals surface area (Å²) in [6, 6.07) is 9.39. The van der Waals surface area contributed by atoms with Crippen molar-refractivity contribution in [3.8, 4) is 17.4 Å². The maximum Gasteiger partial charge on any atom is 0.222 e. The number of rotatable bonds is 6. The third kappa shape index (κ3) is 4.14. The maximum atomic E-state index is 5.97. The summed E-state index contributed by atoms with van der Waals surface area (Å²) in [5.41, 5.74) is 0.908. The first kappa shape index (κ1) is 18.4. The maximum absolute atomic E-state index is 5.97. The summed E-state index contributed by atoms with van der Waals surface area (Å²) in [6.07, 6.45) is 4.86. The zero-order chi connectivity index (χ0) is 19.5. The van der Waals surface area contributed by atoms with Gasteiger partial charge in [-0.3, -0.25) is 4.90 Å². The summed E-state index contributed by atoms with van der Waals surface area (Å²) in [5.74, 6) is 4.25. The molecule has 0 unspecified atom stereocenters. The molecule has 4 rings (SSSR count). The Morgan fingerprint density at radius 1 is 1.18 bits per heavy atom. The lowest BCUT2D eigenvalue weighted by atomic mass is 10.1. The summed E-state index contributed by atoms with van der Waals surface area (Å²) in [5, 5.41) is 0. The molecule has 1 aliphatic rings. The van der Waals surface area contributed by atoms with Crippen LogP contribution < -0.4 is 9.47 Å². The van der Waals surface area contributed by atoms with Gasteiger partial charge in [0.25, 0.3) is 0 Å². The average molecular weight is 379 g/mol. The predicted molar refractivity (Wildman–Crippen MR) is 106 cm³/mol. The van der Waals surface area contributed by atoms with E-state index < -0.39 is 0 Å². The Balaban J connectivity index is 1.47. The van der Waals surface area contributed by atoms with Gasteiger partial charge >= 0.3 is 0 Å². The zero-order valence-electron chi connectivity index (χ0n) is 16.5. The molecular formula is C21H25N5O2. The molecular weight excluding hydrogens is 354 g/mol. The molecule has 1 saturated heterocycles. The van der Waals surface area contributed by atoms with Crippen LogP contribution in [0.4, 0.5) is 0 Å². The highest BCUT2D eigenvalue weighted by Gasteiger charge is 2.27. The predicted octanol–water partition coefficient (Wildman–Crippen LogP) is 3.31. The SMILES string of the molecule is COc1cccc(Oc2cc(C)nc([C@@H]3CCN(Cc4nccn4C)C3)n2)c1. The van der Waals surface area contributed by atoms with E-state index >= 15 is 0 Å². The van der Waals surface area contributed by atoms with Crippen molar-refractivity contribution in [2.24, 2.45) is 7.05 Å². The van der Waals surface area contributed by atoms with Crippen molar-refractivity contribution in [1.29, 1.82) is 0 Å². The first-order chi connectivity index (χ1) is 13.6. The van der Waals surface area contributed by atoms with E-state index in [1.807, 2.05) is 56.7 Å². The quantitative estimate of drug-likeness (QED) is 0.655.